The van der Waals surface area contributed by atoms with Gasteiger partial charge in [-0.05, 0) is 17.9 Å². The molecule has 1 saturated carbocycles. The summed E-state index contributed by atoms with van der Waals surface area (Å²) in [6.45, 7) is 0. The molecule has 1 atom stereocenters. The normalized spacial score (nSPS) is 18.5. The Labute approximate surface area is 96.3 Å². The maximum atomic E-state index is 11.3. The molecule has 16 heavy (non-hydrogen) atoms. The lowest BCUT2D eigenvalue weighted by Crippen LogP contribution is -2.14. The number of carboxylic acid groups (broad SMARTS) is 1. The highest BCUT2D eigenvalue weighted by atomic mass is 16.4. The predicted molar refractivity (Wildman–Crippen MR) is 63.4 cm³/mol. The van der Waals surface area contributed by atoms with Gasteiger partial charge in [-0.2, -0.15) is 0 Å². The fourth-order valence-electron chi connectivity index (χ4n) is 2.64. The third-order valence-corrected chi connectivity index (χ3v) is 3.54. The van der Waals surface area contributed by atoms with Crippen molar-refractivity contribution in [2.75, 3.05) is 0 Å². The van der Waals surface area contributed by atoms with Crippen LogP contribution in [0.5, 0.6) is 0 Å². The van der Waals surface area contributed by atoms with E-state index in [0.29, 0.717) is 5.92 Å². The minimum atomic E-state index is -0.682. The average molecular weight is 218 g/mol. The van der Waals surface area contributed by atoms with Crippen molar-refractivity contribution < 1.29 is 9.90 Å². The van der Waals surface area contributed by atoms with Crippen LogP contribution in [-0.4, -0.2) is 11.1 Å². The van der Waals surface area contributed by atoms with Gasteiger partial charge >= 0.3 is 5.97 Å². The van der Waals surface area contributed by atoms with Crippen molar-refractivity contribution >= 4 is 5.97 Å². The van der Waals surface area contributed by atoms with Crippen LogP contribution in [0.4, 0.5) is 0 Å². The molecule has 0 saturated heterocycles. The van der Waals surface area contributed by atoms with E-state index in [-0.39, 0.29) is 5.92 Å². The SMILES string of the molecule is O=C(O)[C@H](CC1CCCC1)c1ccccc1. The van der Waals surface area contributed by atoms with E-state index in [2.05, 4.69) is 0 Å². The summed E-state index contributed by atoms with van der Waals surface area (Å²) in [7, 11) is 0. The van der Waals surface area contributed by atoms with Crippen molar-refractivity contribution in [1.82, 2.24) is 0 Å². The zero-order valence-corrected chi connectivity index (χ0v) is 9.43. The molecule has 0 heterocycles. The molecule has 0 bridgehead atoms. The summed E-state index contributed by atoms with van der Waals surface area (Å²) < 4.78 is 0. The maximum absolute atomic E-state index is 11.3. The highest BCUT2D eigenvalue weighted by Gasteiger charge is 2.25. The molecule has 0 aromatic heterocycles. The molecular formula is C14H18O2. The monoisotopic (exact) mass is 218 g/mol. The summed E-state index contributed by atoms with van der Waals surface area (Å²) in [5, 5.41) is 9.29. The van der Waals surface area contributed by atoms with Gasteiger partial charge in [0.1, 0.15) is 0 Å². The number of hydrogen-bond donors (Lipinski definition) is 1. The largest absolute Gasteiger partial charge is 0.481 e. The molecule has 1 aliphatic rings. The Bertz CT molecular complexity index is 339. The first-order chi connectivity index (χ1) is 7.77. The number of carbonyl (C=O) groups is 1. The second-order valence-electron chi connectivity index (χ2n) is 4.69. The van der Waals surface area contributed by atoms with Crippen LogP contribution in [0.25, 0.3) is 0 Å². The fraction of sp³-hybridized carbons (Fsp3) is 0.500. The van der Waals surface area contributed by atoms with Crippen molar-refractivity contribution in [3.05, 3.63) is 35.9 Å². The van der Waals surface area contributed by atoms with Gasteiger partial charge in [0, 0.05) is 0 Å². The Morgan fingerprint density at radius 3 is 2.44 bits per heavy atom. The quantitative estimate of drug-likeness (QED) is 0.840. The van der Waals surface area contributed by atoms with E-state index in [9.17, 15) is 9.90 Å². The van der Waals surface area contributed by atoms with Gasteiger partial charge in [0.25, 0.3) is 0 Å². The summed E-state index contributed by atoms with van der Waals surface area (Å²) in [4.78, 5) is 11.3. The standard InChI is InChI=1S/C14H18O2/c15-14(16)13(10-11-6-4-5-7-11)12-8-2-1-3-9-12/h1-3,8-9,11,13H,4-7,10H2,(H,15,16)/t13-/m1/s1. The summed E-state index contributed by atoms with van der Waals surface area (Å²) in [5.74, 6) is -0.385. The van der Waals surface area contributed by atoms with Gasteiger partial charge in [0.05, 0.1) is 5.92 Å². The zero-order chi connectivity index (χ0) is 11.4. The molecule has 86 valence electrons. The van der Waals surface area contributed by atoms with E-state index in [1.54, 1.807) is 0 Å². The van der Waals surface area contributed by atoms with Crippen LogP contribution in [-0.2, 0) is 4.79 Å². The molecule has 2 heteroatoms. The van der Waals surface area contributed by atoms with E-state index in [0.717, 1.165) is 12.0 Å². The molecule has 0 spiro atoms. The van der Waals surface area contributed by atoms with Crippen LogP contribution in [0.2, 0.25) is 0 Å². The lowest BCUT2D eigenvalue weighted by molar-refractivity contribution is -0.139. The maximum Gasteiger partial charge on any atom is 0.310 e. The molecule has 1 fully saturated rings. The predicted octanol–water partition coefficient (Wildman–Crippen LogP) is 3.44. The summed E-state index contributed by atoms with van der Waals surface area (Å²) in [6.07, 6.45) is 5.75. The van der Waals surface area contributed by atoms with Gasteiger partial charge in [0.2, 0.25) is 0 Å². The van der Waals surface area contributed by atoms with E-state index < -0.39 is 5.97 Å². The van der Waals surface area contributed by atoms with Crippen LogP contribution in [0.3, 0.4) is 0 Å². The van der Waals surface area contributed by atoms with Crippen molar-refractivity contribution in [2.24, 2.45) is 5.92 Å². The number of benzene rings is 1. The van der Waals surface area contributed by atoms with Crippen LogP contribution in [0.15, 0.2) is 30.3 Å². The van der Waals surface area contributed by atoms with Gasteiger partial charge in [-0.3, -0.25) is 4.79 Å². The third-order valence-electron chi connectivity index (χ3n) is 3.54. The second-order valence-corrected chi connectivity index (χ2v) is 4.69. The van der Waals surface area contributed by atoms with E-state index in [1.165, 1.54) is 25.7 Å². The van der Waals surface area contributed by atoms with Crippen LogP contribution in [0.1, 0.15) is 43.6 Å². The van der Waals surface area contributed by atoms with Gasteiger partial charge < -0.3 is 5.11 Å². The first-order valence-corrected chi connectivity index (χ1v) is 6.05. The van der Waals surface area contributed by atoms with Crippen LogP contribution >= 0.6 is 0 Å². The van der Waals surface area contributed by atoms with E-state index in [1.807, 2.05) is 30.3 Å². The average Bonchev–Trinajstić information content (AvgIpc) is 2.79. The molecule has 2 nitrogen and oxygen atoms in total. The number of rotatable bonds is 4. The van der Waals surface area contributed by atoms with E-state index >= 15 is 0 Å². The van der Waals surface area contributed by atoms with E-state index in [4.69, 9.17) is 0 Å². The molecule has 0 radical (unpaired) electrons. The molecule has 0 amide bonds. The van der Waals surface area contributed by atoms with Crippen molar-refractivity contribution in [3.8, 4) is 0 Å². The van der Waals surface area contributed by atoms with Crippen molar-refractivity contribution in [1.29, 1.82) is 0 Å². The lowest BCUT2D eigenvalue weighted by atomic mass is 9.88. The Kier molecular flexibility index (Phi) is 3.60. The molecular weight excluding hydrogens is 200 g/mol. The smallest absolute Gasteiger partial charge is 0.310 e. The Morgan fingerprint density at radius 1 is 1.25 bits per heavy atom. The molecule has 2 rings (SSSR count). The number of carboxylic acids is 1. The summed E-state index contributed by atoms with van der Waals surface area (Å²) >= 11 is 0. The highest BCUT2D eigenvalue weighted by molar-refractivity contribution is 5.76. The Balaban J connectivity index is 2.08. The molecule has 1 aliphatic carbocycles. The first-order valence-electron chi connectivity index (χ1n) is 6.05. The molecule has 1 aromatic rings. The van der Waals surface area contributed by atoms with Gasteiger partial charge in [-0.25, -0.2) is 0 Å². The van der Waals surface area contributed by atoms with Crippen LogP contribution < -0.4 is 0 Å². The van der Waals surface area contributed by atoms with Crippen LogP contribution in [0, 0.1) is 5.92 Å². The van der Waals surface area contributed by atoms with Crippen molar-refractivity contribution in [3.63, 3.8) is 0 Å². The lowest BCUT2D eigenvalue weighted by Gasteiger charge is -2.16. The van der Waals surface area contributed by atoms with Crippen molar-refractivity contribution in [2.45, 2.75) is 38.0 Å². The van der Waals surface area contributed by atoms with Gasteiger partial charge in [-0.1, -0.05) is 56.0 Å². The summed E-state index contributed by atoms with van der Waals surface area (Å²) in [6, 6.07) is 9.61. The minimum absolute atomic E-state index is 0.315. The molecule has 0 unspecified atom stereocenters. The third kappa shape index (κ3) is 2.63. The molecule has 1 N–H and O–H groups in total. The topological polar surface area (TPSA) is 37.3 Å². The number of hydrogen-bond acceptors (Lipinski definition) is 1. The highest BCUT2D eigenvalue weighted by Crippen LogP contribution is 2.34. The summed E-state index contributed by atoms with van der Waals surface area (Å²) in [5.41, 5.74) is 0.946. The molecule has 0 aliphatic heterocycles. The zero-order valence-electron chi connectivity index (χ0n) is 9.43. The second kappa shape index (κ2) is 5.15. The van der Waals surface area contributed by atoms with Gasteiger partial charge in [-0.15, -0.1) is 0 Å². The Morgan fingerprint density at radius 2 is 1.88 bits per heavy atom. The number of aliphatic carboxylic acids is 1. The fourth-order valence-corrected chi connectivity index (χ4v) is 2.64. The van der Waals surface area contributed by atoms with Gasteiger partial charge in [0.15, 0.2) is 0 Å². The Hall–Kier alpha value is -1.31. The minimum Gasteiger partial charge on any atom is -0.481 e. The first kappa shape index (κ1) is 11.2. The molecule has 1 aromatic carbocycles.